The van der Waals surface area contributed by atoms with Crippen molar-refractivity contribution in [2.24, 2.45) is 5.92 Å². The topological polar surface area (TPSA) is 17.1 Å². The normalized spacial score (nSPS) is 33.5. The SMILES string of the molecule is CC1=CP(=O)(c2c(C)cc(C)cc2C)[C@H]2[C@@H]1[C@H]1C(C)=C[C@@H]2P1c1c(C)cc(C)cc1C. The van der Waals surface area contributed by atoms with Gasteiger partial charge in [0.2, 0.25) is 0 Å². The van der Waals surface area contributed by atoms with Gasteiger partial charge in [-0.3, -0.25) is 0 Å². The van der Waals surface area contributed by atoms with Crippen molar-refractivity contribution in [3.63, 3.8) is 0 Å². The molecule has 0 spiro atoms. The monoisotopic (exact) mass is 448 g/mol. The van der Waals surface area contributed by atoms with Gasteiger partial charge in [0, 0.05) is 28.2 Å². The highest BCUT2D eigenvalue weighted by molar-refractivity contribution is 7.78. The van der Waals surface area contributed by atoms with E-state index in [2.05, 4.69) is 91.5 Å². The Morgan fingerprint density at radius 2 is 1.26 bits per heavy atom. The van der Waals surface area contributed by atoms with Gasteiger partial charge in [0.25, 0.3) is 0 Å². The largest absolute Gasteiger partial charge is 0.314 e. The smallest absolute Gasteiger partial charge is 0.141 e. The highest BCUT2D eigenvalue weighted by Gasteiger charge is 2.63. The zero-order valence-electron chi connectivity index (χ0n) is 20.1. The van der Waals surface area contributed by atoms with E-state index in [4.69, 9.17) is 0 Å². The maximum absolute atomic E-state index is 15.0. The van der Waals surface area contributed by atoms with Crippen molar-refractivity contribution in [2.45, 2.75) is 72.4 Å². The number of rotatable bonds is 2. The summed E-state index contributed by atoms with van der Waals surface area (Å²) in [4.78, 5) is 0. The molecule has 3 heteroatoms. The number of hydrogen-bond acceptors (Lipinski definition) is 1. The summed E-state index contributed by atoms with van der Waals surface area (Å²) in [5, 5.41) is 2.73. The minimum atomic E-state index is -2.63. The van der Waals surface area contributed by atoms with E-state index in [0.29, 0.717) is 17.2 Å². The molecule has 1 nitrogen and oxygen atoms in total. The Morgan fingerprint density at radius 3 is 1.81 bits per heavy atom. The highest BCUT2D eigenvalue weighted by atomic mass is 31.2. The first-order chi connectivity index (χ1) is 14.5. The first kappa shape index (κ1) is 21.4. The third kappa shape index (κ3) is 2.89. The van der Waals surface area contributed by atoms with E-state index in [-0.39, 0.29) is 13.6 Å². The first-order valence-electron chi connectivity index (χ1n) is 11.5. The van der Waals surface area contributed by atoms with Crippen LogP contribution in [0, 0.1) is 47.5 Å². The fraction of sp³-hybridized carbons (Fsp3) is 0.429. The number of fused-ring (bicyclic) bond motifs is 5. The van der Waals surface area contributed by atoms with Crippen LogP contribution in [0.4, 0.5) is 0 Å². The zero-order valence-corrected chi connectivity index (χ0v) is 21.9. The standard InChI is InChI=1S/C28H34OP2/c1-15-9-17(3)25(18(4)10-15)30-23-13-19(5)26(30)24-22(8)14-31(29,28(23)24)27-20(6)11-16(2)12-21(27)7/h9-14,23-24,26,28H,1-8H3/t23-,24-,26+,28+,30?,31?/m0/s1. The van der Waals surface area contributed by atoms with Crippen LogP contribution in [0.2, 0.25) is 0 Å². The number of allylic oxidation sites excluding steroid dienone is 3. The molecule has 0 radical (unpaired) electrons. The summed E-state index contributed by atoms with van der Waals surface area (Å²) in [6.07, 6.45) is 2.52. The van der Waals surface area contributed by atoms with Gasteiger partial charge >= 0.3 is 0 Å². The lowest BCUT2D eigenvalue weighted by Gasteiger charge is -2.30. The first-order valence-corrected chi connectivity index (χ1v) is 14.8. The van der Waals surface area contributed by atoms with Crippen LogP contribution in [0.3, 0.4) is 0 Å². The van der Waals surface area contributed by atoms with E-state index >= 15 is 0 Å². The summed E-state index contributed by atoms with van der Waals surface area (Å²) >= 11 is 0. The molecule has 0 N–H and O–H groups in total. The molecule has 5 rings (SSSR count). The van der Waals surface area contributed by atoms with Gasteiger partial charge in [0.15, 0.2) is 0 Å². The Morgan fingerprint density at radius 1 is 0.742 bits per heavy atom. The lowest BCUT2D eigenvalue weighted by atomic mass is 9.85. The summed E-state index contributed by atoms with van der Waals surface area (Å²) in [7, 11) is -3.02. The third-order valence-corrected chi connectivity index (χ3v) is 15.4. The summed E-state index contributed by atoms with van der Waals surface area (Å²) in [5.41, 5.74) is 12.0. The van der Waals surface area contributed by atoms with Crippen molar-refractivity contribution in [2.75, 3.05) is 0 Å². The van der Waals surface area contributed by atoms with Gasteiger partial charge in [-0.05, 0) is 88.8 Å². The zero-order chi connectivity index (χ0) is 22.4. The molecule has 1 fully saturated rings. The van der Waals surface area contributed by atoms with Gasteiger partial charge < -0.3 is 4.57 Å². The lowest BCUT2D eigenvalue weighted by molar-refractivity contribution is 0.552. The van der Waals surface area contributed by atoms with Crippen molar-refractivity contribution in [1.82, 2.24) is 0 Å². The third-order valence-electron chi connectivity index (χ3n) is 7.82. The molecule has 2 aromatic rings. The molecule has 0 aliphatic carbocycles. The molecule has 2 aromatic carbocycles. The number of aryl methyl sites for hydroxylation is 6. The second kappa shape index (κ2) is 7.04. The molecule has 2 bridgehead atoms. The van der Waals surface area contributed by atoms with Crippen molar-refractivity contribution in [3.05, 3.63) is 80.7 Å². The van der Waals surface area contributed by atoms with Gasteiger partial charge in [-0.25, -0.2) is 0 Å². The van der Waals surface area contributed by atoms with Crippen molar-refractivity contribution in [3.8, 4) is 0 Å². The molecule has 0 aromatic heterocycles. The summed E-state index contributed by atoms with van der Waals surface area (Å²) in [6.45, 7) is 17.8. The average molecular weight is 449 g/mol. The Balaban J connectivity index is 1.70. The lowest BCUT2D eigenvalue weighted by Crippen LogP contribution is -2.31. The maximum atomic E-state index is 15.0. The molecule has 31 heavy (non-hydrogen) atoms. The molecular weight excluding hydrogens is 414 g/mol. The van der Waals surface area contributed by atoms with Crippen LogP contribution in [0.1, 0.15) is 47.2 Å². The van der Waals surface area contributed by atoms with Gasteiger partial charge in [-0.1, -0.05) is 60.5 Å². The Kier molecular flexibility index (Phi) is 4.86. The summed E-state index contributed by atoms with van der Waals surface area (Å²) in [5.74, 6) is 2.66. The Hall–Kier alpha value is -1.42. The van der Waals surface area contributed by atoms with E-state index in [0.717, 1.165) is 5.30 Å². The fourth-order valence-corrected chi connectivity index (χ4v) is 16.5. The highest BCUT2D eigenvalue weighted by Crippen LogP contribution is 2.78. The van der Waals surface area contributed by atoms with Gasteiger partial charge in [-0.15, -0.1) is 0 Å². The summed E-state index contributed by atoms with van der Waals surface area (Å²) < 4.78 is 15.0. The second-order valence-electron chi connectivity index (χ2n) is 10.3. The van der Waals surface area contributed by atoms with E-state index in [1.54, 1.807) is 5.30 Å². The molecule has 3 heterocycles. The molecule has 162 valence electrons. The maximum Gasteiger partial charge on any atom is 0.141 e. The number of benzene rings is 2. The molecule has 3 aliphatic heterocycles. The average Bonchev–Trinajstić information content (AvgIpc) is 3.20. The van der Waals surface area contributed by atoms with Gasteiger partial charge in [0.05, 0.1) is 0 Å². The molecule has 2 unspecified atom stereocenters. The quantitative estimate of drug-likeness (QED) is 0.359. The Labute approximate surface area is 189 Å². The van der Waals surface area contributed by atoms with Crippen LogP contribution in [0.5, 0.6) is 0 Å². The summed E-state index contributed by atoms with van der Waals surface area (Å²) in [6, 6.07) is 9.15. The molecule has 0 amide bonds. The van der Waals surface area contributed by atoms with Gasteiger partial charge in [0.1, 0.15) is 7.14 Å². The molecule has 3 aliphatic rings. The Bertz CT molecular complexity index is 1190. The van der Waals surface area contributed by atoms with Crippen LogP contribution in [0.15, 0.2) is 47.3 Å². The van der Waals surface area contributed by atoms with Crippen LogP contribution in [-0.2, 0) is 4.57 Å². The second-order valence-corrected chi connectivity index (χ2v) is 15.5. The molecule has 1 saturated heterocycles. The van der Waals surface area contributed by atoms with E-state index < -0.39 is 7.14 Å². The van der Waals surface area contributed by atoms with Crippen LogP contribution < -0.4 is 10.6 Å². The van der Waals surface area contributed by atoms with Gasteiger partial charge in [-0.2, -0.15) is 0 Å². The molecule has 6 atom stereocenters. The van der Waals surface area contributed by atoms with Crippen molar-refractivity contribution in [1.29, 1.82) is 0 Å². The minimum Gasteiger partial charge on any atom is -0.314 e. The van der Waals surface area contributed by atoms with Crippen molar-refractivity contribution >= 4 is 25.7 Å². The minimum absolute atomic E-state index is 0.243. The molecular formula is C28H34OP2. The van der Waals surface area contributed by atoms with E-state index in [9.17, 15) is 4.57 Å². The number of hydrogen-bond donors (Lipinski definition) is 0. The molecule has 0 saturated carbocycles. The van der Waals surface area contributed by atoms with E-state index in [1.165, 1.54) is 44.5 Å². The predicted octanol–water partition coefficient (Wildman–Crippen LogP) is 6.95. The van der Waals surface area contributed by atoms with E-state index in [1.807, 2.05) is 0 Å². The fourth-order valence-electron chi connectivity index (χ4n) is 7.24. The van der Waals surface area contributed by atoms with Crippen molar-refractivity contribution < 1.29 is 4.57 Å². The van der Waals surface area contributed by atoms with Crippen LogP contribution in [0.25, 0.3) is 0 Å². The predicted molar refractivity (Wildman–Crippen MR) is 137 cm³/mol. The van der Waals surface area contributed by atoms with Crippen LogP contribution in [-0.4, -0.2) is 17.0 Å². The van der Waals surface area contributed by atoms with Crippen LogP contribution >= 0.6 is 15.1 Å².